The fraction of sp³-hybridized carbons (Fsp3) is 0.500. The van der Waals surface area contributed by atoms with Crippen molar-refractivity contribution in [2.24, 2.45) is 0 Å². The molecule has 0 saturated carbocycles. The van der Waals surface area contributed by atoms with Crippen LogP contribution in [0.2, 0.25) is 0 Å². The maximum absolute atomic E-state index is 13.4. The second-order valence-corrected chi connectivity index (χ2v) is 12.2. The van der Waals surface area contributed by atoms with Gasteiger partial charge in [-0.3, -0.25) is 0 Å². The lowest BCUT2D eigenvalue weighted by molar-refractivity contribution is 0.181. The van der Waals surface area contributed by atoms with Crippen molar-refractivity contribution in [3.8, 4) is 0 Å². The molecule has 2 aromatic carbocycles. The molecule has 2 aromatic rings. The van der Waals surface area contributed by atoms with Crippen LogP contribution >= 0.6 is 11.8 Å². The van der Waals surface area contributed by atoms with E-state index in [0.717, 1.165) is 44.6 Å². The van der Waals surface area contributed by atoms with Gasteiger partial charge in [-0.25, -0.2) is 8.42 Å². The van der Waals surface area contributed by atoms with E-state index in [-0.39, 0.29) is 0 Å². The van der Waals surface area contributed by atoms with Crippen molar-refractivity contribution >= 4 is 21.8 Å². The molecule has 0 aromatic heterocycles. The molecule has 4 rings (SSSR count). The van der Waals surface area contributed by atoms with Gasteiger partial charge in [0.1, 0.15) is 0 Å². The van der Waals surface area contributed by atoms with Gasteiger partial charge in [-0.2, -0.15) is 4.31 Å². The third kappa shape index (κ3) is 5.17. The summed E-state index contributed by atoms with van der Waals surface area (Å²) in [5, 5.41) is -0.528. The Labute approximate surface area is 191 Å². The maximum Gasteiger partial charge on any atom is 0.220 e. The van der Waals surface area contributed by atoms with Gasteiger partial charge in [-0.1, -0.05) is 42.1 Å². The van der Waals surface area contributed by atoms with Crippen LogP contribution in [0, 0.1) is 0 Å². The predicted octanol–water partition coefficient (Wildman–Crippen LogP) is 3.70. The molecule has 0 bridgehead atoms. The van der Waals surface area contributed by atoms with E-state index in [4.69, 9.17) is 0 Å². The number of rotatable bonds is 7. The summed E-state index contributed by atoms with van der Waals surface area (Å²) in [5.41, 5.74) is 3.44. The molecular weight excluding hydrogens is 426 g/mol. The Bertz CT molecular complexity index is 1020. The van der Waals surface area contributed by atoms with Gasteiger partial charge in [-0.15, -0.1) is 0 Å². The van der Waals surface area contributed by atoms with E-state index >= 15 is 0 Å². The number of hydrogen-bond donors (Lipinski definition) is 0. The molecule has 7 heteroatoms. The molecule has 1 fully saturated rings. The molecule has 31 heavy (non-hydrogen) atoms. The Hall–Kier alpha value is -1.38. The molecule has 0 N–H and O–H groups in total. The van der Waals surface area contributed by atoms with Crippen molar-refractivity contribution in [3.63, 3.8) is 0 Å². The van der Waals surface area contributed by atoms with Gasteiger partial charge in [0.05, 0.1) is 5.25 Å². The van der Waals surface area contributed by atoms with Crippen molar-refractivity contribution < 1.29 is 8.42 Å². The average Bonchev–Trinajstić information content (AvgIpc) is 2.77. The highest BCUT2D eigenvalue weighted by Gasteiger charge is 2.33. The standard InChI is InChI=1S/C24H33N3O2S2/c1-19(31(28,29)27-15-13-26(14-16-27)12-6-11-25(2)3)20-9-10-24-22(17-20)18-21-7-4-5-8-23(21)30-24/h4-5,7-10,17,19H,6,11-16,18H2,1-3H3. The van der Waals surface area contributed by atoms with Crippen LogP contribution < -0.4 is 0 Å². The normalized spacial score (nSPS) is 18.6. The first kappa shape index (κ1) is 22.8. The molecule has 168 valence electrons. The molecule has 2 heterocycles. The molecule has 1 saturated heterocycles. The van der Waals surface area contributed by atoms with E-state index in [1.54, 1.807) is 16.1 Å². The minimum absolute atomic E-state index is 0.528. The second kappa shape index (κ2) is 9.63. The fourth-order valence-electron chi connectivity index (χ4n) is 4.38. The van der Waals surface area contributed by atoms with E-state index < -0.39 is 15.3 Å². The fourth-order valence-corrected chi connectivity index (χ4v) is 7.04. The molecular formula is C24H33N3O2S2. The van der Waals surface area contributed by atoms with E-state index in [0.29, 0.717) is 13.1 Å². The van der Waals surface area contributed by atoms with Crippen molar-refractivity contribution in [1.29, 1.82) is 0 Å². The highest BCUT2D eigenvalue weighted by molar-refractivity contribution is 7.99. The maximum atomic E-state index is 13.4. The summed E-state index contributed by atoms with van der Waals surface area (Å²) in [7, 11) is 0.807. The van der Waals surface area contributed by atoms with Gasteiger partial charge in [0.15, 0.2) is 0 Å². The van der Waals surface area contributed by atoms with Crippen LogP contribution in [0.4, 0.5) is 0 Å². The largest absolute Gasteiger partial charge is 0.309 e. The van der Waals surface area contributed by atoms with Crippen LogP contribution in [0.5, 0.6) is 0 Å². The SMILES string of the molecule is CC(c1ccc2c(c1)Cc1ccccc1S2)S(=O)(=O)N1CCN(CCCN(C)C)CC1. The third-order valence-corrected chi connectivity index (χ3v) is 9.83. The Morgan fingerprint density at radius 3 is 2.45 bits per heavy atom. The van der Waals surface area contributed by atoms with Crippen molar-refractivity contribution in [2.75, 3.05) is 53.4 Å². The minimum atomic E-state index is -3.37. The molecule has 0 spiro atoms. The molecule has 1 unspecified atom stereocenters. The lowest BCUT2D eigenvalue weighted by Gasteiger charge is -2.35. The van der Waals surface area contributed by atoms with Gasteiger partial charge in [-0.05, 0) is 75.8 Å². The van der Waals surface area contributed by atoms with Gasteiger partial charge in [0.25, 0.3) is 0 Å². The van der Waals surface area contributed by atoms with Gasteiger partial charge in [0, 0.05) is 36.0 Å². The summed E-state index contributed by atoms with van der Waals surface area (Å²) in [6.45, 7) is 6.74. The predicted molar refractivity (Wildman–Crippen MR) is 128 cm³/mol. The molecule has 0 aliphatic carbocycles. The Morgan fingerprint density at radius 2 is 1.71 bits per heavy atom. The molecule has 2 aliphatic rings. The van der Waals surface area contributed by atoms with Crippen LogP contribution in [0.1, 0.15) is 35.3 Å². The molecule has 0 radical (unpaired) electrons. The summed E-state index contributed by atoms with van der Waals surface area (Å²) in [5.74, 6) is 0. The van der Waals surface area contributed by atoms with E-state index in [1.165, 1.54) is 20.9 Å². The Balaban J connectivity index is 1.41. The minimum Gasteiger partial charge on any atom is -0.309 e. The summed E-state index contributed by atoms with van der Waals surface area (Å²) >= 11 is 1.78. The zero-order valence-electron chi connectivity index (χ0n) is 18.8. The van der Waals surface area contributed by atoms with Gasteiger partial charge in [0.2, 0.25) is 10.0 Å². The lowest BCUT2D eigenvalue weighted by Crippen LogP contribution is -2.49. The van der Waals surface area contributed by atoms with Crippen LogP contribution in [-0.4, -0.2) is 75.9 Å². The molecule has 2 aliphatic heterocycles. The van der Waals surface area contributed by atoms with E-state index in [2.05, 4.69) is 60.3 Å². The number of sulfonamides is 1. The summed E-state index contributed by atoms with van der Waals surface area (Å²) in [6.07, 6.45) is 1.98. The number of hydrogen-bond acceptors (Lipinski definition) is 5. The monoisotopic (exact) mass is 459 g/mol. The van der Waals surface area contributed by atoms with Crippen LogP contribution in [0.3, 0.4) is 0 Å². The van der Waals surface area contributed by atoms with Crippen LogP contribution in [-0.2, 0) is 16.4 Å². The lowest BCUT2D eigenvalue weighted by atomic mass is 10.0. The quantitative estimate of drug-likeness (QED) is 0.539. The summed E-state index contributed by atoms with van der Waals surface area (Å²) in [6, 6.07) is 14.7. The van der Waals surface area contributed by atoms with Crippen molar-refractivity contribution in [1.82, 2.24) is 14.1 Å². The number of fused-ring (bicyclic) bond motifs is 2. The first-order valence-electron chi connectivity index (χ1n) is 11.1. The summed E-state index contributed by atoms with van der Waals surface area (Å²) < 4.78 is 28.4. The van der Waals surface area contributed by atoms with Gasteiger partial charge >= 0.3 is 0 Å². The van der Waals surface area contributed by atoms with Gasteiger partial charge < -0.3 is 9.80 Å². The smallest absolute Gasteiger partial charge is 0.220 e. The van der Waals surface area contributed by atoms with Crippen molar-refractivity contribution in [3.05, 3.63) is 59.2 Å². The zero-order chi connectivity index (χ0) is 22.0. The topological polar surface area (TPSA) is 43.9 Å². The van der Waals surface area contributed by atoms with Crippen LogP contribution in [0.25, 0.3) is 0 Å². The van der Waals surface area contributed by atoms with E-state index in [9.17, 15) is 8.42 Å². The first-order valence-corrected chi connectivity index (χ1v) is 13.4. The Morgan fingerprint density at radius 1 is 1.00 bits per heavy atom. The number of piperazine rings is 1. The average molecular weight is 460 g/mol. The number of nitrogens with zero attached hydrogens (tertiary/aromatic N) is 3. The Kier molecular flexibility index (Phi) is 7.08. The molecule has 5 nitrogen and oxygen atoms in total. The zero-order valence-corrected chi connectivity index (χ0v) is 20.4. The highest BCUT2D eigenvalue weighted by Crippen LogP contribution is 2.41. The molecule has 1 atom stereocenters. The number of benzene rings is 2. The molecule has 0 amide bonds. The highest BCUT2D eigenvalue weighted by atomic mass is 32.2. The summed E-state index contributed by atoms with van der Waals surface area (Å²) in [4.78, 5) is 7.11. The van der Waals surface area contributed by atoms with E-state index in [1.807, 2.05) is 13.0 Å². The van der Waals surface area contributed by atoms with Crippen molar-refractivity contribution in [2.45, 2.75) is 34.8 Å². The third-order valence-electron chi connectivity index (χ3n) is 6.34. The van der Waals surface area contributed by atoms with Crippen LogP contribution in [0.15, 0.2) is 52.3 Å². The second-order valence-electron chi connectivity index (χ2n) is 8.84. The first-order chi connectivity index (χ1) is 14.8.